The summed E-state index contributed by atoms with van der Waals surface area (Å²) in [6, 6.07) is 1.88. The minimum atomic E-state index is -0.256. The Hall–Kier alpha value is -1.40. The summed E-state index contributed by atoms with van der Waals surface area (Å²) in [7, 11) is 1.62. The van der Waals surface area contributed by atoms with Crippen LogP contribution in [0.5, 0.6) is 0 Å². The number of hydrogen-bond acceptors (Lipinski definition) is 6. The molecule has 6 nitrogen and oxygen atoms in total. The van der Waals surface area contributed by atoms with E-state index in [1.54, 1.807) is 14.0 Å². The van der Waals surface area contributed by atoms with Gasteiger partial charge in [-0.3, -0.25) is 0 Å². The maximum atomic E-state index is 9.20. The molecule has 1 atom stereocenters. The predicted molar refractivity (Wildman–Crippen MR) is 76.3 cm³/mol. The zero-order chi connectivity index (χ0) is 14.1. The fraction of sp³-hybridized carbons (Fsp3) is 0.692. The van der Waals surface area contributed by atoms with Gasteiger partial charge in [-0.2, -0.15) is 0 Å². The number of nitrogens with one attached hydrogen (secondary N) is 2. The molecule has 3 N–H and O–H groups in total. The van der Waals surface area contributed by atoms with Crippen LogP contribution in [0.25, 0.3) is 0 Å². The number of aliphatic hydroxyl groups is 1. The molecule has 1 aromatic heterocycles. The van der Waals surface area contributed by atoms with Crippen LogP contribution < -0.4 is 10.6 Å². The molecule has 0 saturated carbocycles. The molecule has 0 aliphatic carbocycles. The van der Waals surface area contributed by atoms with Crippen molar-refractivity contribution in [2.24, 2.45) is 0 Å². The van der Waals surface area contributed by atoms with E-state index in [9.17, 15) is 5.11 Å². The Balaban J connectivity index is 2.59. The number of anilines is 2. The fourth-order valence-electron chi connectivity index (χ4n) is 1.67. The van der Waals surface area contributed by atoms with Crippen LogP contribution in [-0.4, -0.2) is 41.4 Å². The van der Waals surface area contributed by atoms with Gasteiger partial charge in [-0.1, -0.05) is 0 Å². The number of nitrogens with zero attached hydrogens (tertiary/aromatic N) is 2. The molecule has 0 fully saturated rings. The first-order chi connectivity index (χ1) is 9.15. The van der Waals surface area contributed by atoms with Crippen LogP contribution in [-0.2, 0) is 11.3 Å². The monoisotopic (exact) mass is 268 g/mol. The highest BCUT2D eigenvalue weighted by molar-refractivity contribution is 5.47. The predicted octanol–water partition coefficient (Wildman–Crippen LogP) is 1.63. The lowest BCUT2D eigenvalue weighted by Crippen LogP contribution is -2.11. The Morgan fingerprint density at radius 3 is 2.58 bits per heavy atom. The highest BCUT2D eigenvalue weighted by Crippen LogP contribution is 2.12. The smallest absolute Gasteiger partial charge is 0.158 e. The van der Waals surface area contributed by atoms with E-state index >= 15 is 0 Å². The third kappa shape index (κ3) is 6.35. The van der Waals surface area contributed by atoms with Crippen molar-refractivity contribution in [3.05, 3.63) is 11.9 Å². The largest absolute Gasteiger partial charge is 0.393 e. The summed E-state index contributed by atoms with van der Waals surface area (Å²) in [6.07, 6.45) is 1.43. The van der Waals surface area contributed by atoms with E-state index in [0.717, 1.165) is 37.6 Å². The SMILES string of the molecule is CCNc1cc(NCCCC(C)O)nc(COC)n1. The van der Waals surface area contributed by atoms with Crippen LogP contribution in [0, 0.1) is 0 Å². The molecule has 6 heteroatoms. The van der Waals surface area contributed by atoms with E-state index in [2.05, 4.69) is 20.6 Å². The average molecular weight is 268 g/mol. The molecular weight excluding hydrogens is 244 g/mol. The molecule has 1 rings (SSSR count). The van der Waals surface area contributed by atoms with Crippen molar-refractivity contribution in [2.75, 3.05) is 30.8 Å². The second-order valence-corrected chi connectivity index (χ2v) is 4.44. The number of methoxy groups -OCH3 is 1. The first-order valence-corrected chi connectivity index (χ1v) is 6.68. The second kappa shape index (κ2) is 8.66. The van der Waals surface area contributed by atoms with Gasteiger partial charge < -0.3 is 20.5 Å². The van der Waals surface area contributed by atoms with Crippen LogP contribution in [0.2, 0.25) is 0 Å². The number of rotatable bonds is 9. The number of aliphatic hydroxyl groups excluding tert-OH is 1. The van der Waals surface area contributed by atoms with Crippen molar-refractivity contribution in [2.45, 2.75) is 39.4 Å². The topological polar surface area (TPSA) is 79.3 Å². The highest BCUT2D eigenvalue weighted by Gasteiger charge is 2.04. The number of ether oxygens (including phenoxy) is 1. The molecule has 1 aromatic rings. The summed E-state index contributed by atoms with van der Waals surface area (Å²) < 4.78 is 5.06. The second-order valence-electron chi connectivity index (χ2n) is 4.44. The zero-order valence-electron chi connectivity index (χ0n) is 11.9. The summed E-state index contributed by atoms with van der Waals surface area (Å²) in [5.41, 5.74) is 0. The molecule has 0 amide bonds. The van der Waals surface area contributed by atoms with Crippen molar-refractivity contribution in [1.29, 1.82) is 0 Å². The van der Waals surface area contributed by atoms with Crippen LogP contribution in [0.4, 0.5) is 11.6 Å². The van der Waals surface area contributed by atoms with Gasteiger partial charge in [0.1, 0.15) is 18.2 Å². The average Bonchev–Trinajstić information content (AvgIpc) is 2.35. The van der Waals surface area contributed by atoms with Crippen molar-refractivity contribution in [1.82, 2.24) is 9.97 Å². The van der Waals surface area contributed by atoms with Gasteiger partial charge in [-0.25, -0.2) is 9.97 Å². The summed E-state index contributed by atoms with van der Waals surface area (Å²) in [4.78, 5) is 8.71. The Labute approximate surface area is 114 Å². The summed E-state index contributed by atoms with van der Waals surface area (Å²) in [5.74, 6) is 2.23. The van der Waals surface area contributed by atoms with Crippen LogP contribution >= 0.6 is 0 Å². The molecule has 0 aromatic carbocycles. The molecule has 19 heavy (non-hydrogen) atoms. The Morgan fingerprint density at radius 1 is 1.32 bits per heavy atom. The van der Waals surface area contributed by atoms with Gasteiger partial charge in [0.15, 0.2) is 5.82 Å². The van der Waals surface area contributed by atoms with Crippen molar-refractivity contribution in [3.63, 3.8) is 0 Å². The van der Waals surface area contributed by atoms with Crippen LogP contribution in [0.1, 0.15) is 32.5 Å². The van der Waals surface area contributed by atoms with Gasteiger partial charge in [-0.05, 0) is 26.7 Å². The van der Waals surface area contributed by atoms with Crippen molar-refractivity contribution in [3.8, 4) is 0 Å². The standard InChI is InChI=1S/C13H24N4O2/c1-4-14-11-8-12(15-7-5-6-10(2)18)17-13(16-11)9-19-3/h8,10,18H,4-7,9H2,1-3H3,(H2,14,15,16,17). The van der Waals surface area contributed by atoms with E-state index in [-0.39, 0.29) is 6.10 Å². The zero-order valence-corrected chi connectivity index (χ0v) is 11.9. The Morgan fingerprint density at radius 2 is 2.00 bits per heavy atom. The molecule has 0 spiro atoms. The Kier molecular flexibility index (Phi) is 7.14. The minimum Gasteiger partial charge on any atom is -0.393 e. The maximum Gasteiger partial charge on any atom is 0.158 e. The van der Waals surface area contributed by atoms with Crippen LogP contribution in [0.15, 0.2) is 6.07 Å². The van der Waals surface area contributed by atoms with Crippen molar-refractivity contribution >= 4 is 11.6 Å². The molecule has 0 bridgehead atoms. The van der Waals surface area contributed by atoms with Gasteiger partial charge in [0.2, 0.25) is 0 Å². The highest BCUT2D eigenvalue weighted by atomic mass is 16.5. The van der Waals surface area contributed by atoms with E-state index in [1.807, 2.05) is 13.0 Å². The molecule has 0 aliphatic rings. The van der Waals surface area contributed by atoms with E-state index in [4.69, 9.17) is 4.74 Å². The van der Waals surface area contributed by atoms with Gasteiger partial charge in [-0.15, -0.1) is 0 Å². The third-order valence-electron chi connectivity index (χ3n) is 2.51. The van der Waals surface area contributed by atoms with Gasteiger partial charge >= 0.3 is 0 Å². The van der Waals surface area contributed by atoms with Crippen molar-refractivity contribution < 1.29 is 9.84 Å². The lowest BCUT2D eigenvalue weighted by Gasteiger charge is -2.10. The first kappa shape index (κ1) is 15.7. The number of aromatic nitrogens is 2. The molecule has 0 radical (unpaired) electrons. The lowest BCUT2D eigenvalue weighted by atomic mass is 10.2. The molecule has 1 heterocycles. The lowest BCUT2D eigenvalue weighted by molar-refractivity contribution is 0.178. The normalized spacial score (nSPS) is 12.2. The fourth-order valence-corrected chi connectivity index (χ4v) is 1.67. The van der Waals surface area contributed by atoms with Gasteiger partial charge in [0, 0.05) is 26.3 Å². The molecule has 108 valence electrons. The quantitative estimate of drug-likeness (QED) is 0.591. The maximum absolute atomic E-state index is 9.20. The summed E-state index contributed by atoms with van der Waals surface area (Å²) >= 11 is 0. The summed E-state index contributed by atoms with van der Waals surface area (Å²) in [5, 5.41) is 15.6. The van der Waals surface area contributed by atoms with Crippen LogP contribution in [0.3, 0.4) is 0 Å². The third-order valence-corrected chi connectivity index (χ3v) is 2.51. The summed E-state index contributed by atoms with van der Waals surface area (Å²) in [6.45, 7) is 5.80. The van der Waals surface area contributed by atoms with Gasteiger partial charge in [0.25, 0.3) is 0 Å². The molecule has 0 aliphatic heterocycles. The van der Waals surface area contributed by atoms with Gasteiger partial charge in [0.05, 0.1) is 6.10 Å². The first-order valence-electron chi connectivity index (χ1n) is 6.68. The molecular formula is C13H24N4O2. The van der Waals surface area contributed by atoms with E-state index in [0.29, 0.717) is 12.4 Å². The van der Waals surface area contributed by atoms with E-state index < -0.39 is 0 Å². The van der Waals surface area contributed by atoms with E-state index in [1.165, 1.54) is 0 Å². The number of hydrogen-bond donors (Lipinski definition) is 3. The Bertz CT molecular complexity index is 347. The molecule has 1 unspecified atom stereocenters. The minimum absolute atomic E-state index is 0.256. The molecule has 0 saturated heterocycles.